The van der Waals surface area contributed by atoms with E-state index in [-0.39, 0.29) is 6.10 Å². The van der Waals surface area contributed by atoms with Gasteiger partial charge in [0.25, 0.3) is 0 Å². The minimum Gasteiger partial charge on any atom is -0.391 e. The predicted molar refractivity (Wildman–Crippen MR) is 62.8 cm³/mol. The molecule has 1 aliphatic rings. The molecule has 1 aliphatic heterocycles. The standard InChI is InChI=1S/C9H18BrNOS/c1-2-9-7-11(3-4-13-9)6-8(12)5-10/h8-9,12H,2-7H2,1H3. The first-order valence-corrected chi connectivity index (χ1v) is 7.01. The third-order valence-electron chi connectivity index (χ3n) is 2.33. The van der Waals surface area contributed by atoms with Crippen molar-refractivity contribution in [2.75, 3.05) is 30.7 Å². The van der Waals surface area contributed by atoms with Gasteiger partial charge in [0, 0.05) is 36.0 Å². The lowest BCUT2D eigenvalue weighted by atomic mass is 10.2. The van der Waals surface area contributed by atoms with Gasteiger partial charge in [-0.2, -0.15) is 11.8 Å². The molecule has 1 saturated heterocycles. The molecule has 0 bridgehead atoms. The molecule has 0 aliphatic carbocycles. The SMILES string of the molecule is CCC1CN(CC(O)CBr)CCS1. The average Bonchev–Trinajstić information content (AvgIpc) is 2.18. The number of hydrogen-bond acceptors (Lipinski definition) is 3. The van der Waals surface area contributed by atoms with Gasteiger partial charge < -0.3 is 5.11 Å². The van der Waals surface area contributed by atoms with Crippen molar-refractivity contribution in [3.8, 4) is 0 Å². The number of nitrogens with zero attached hydrogens (tertiary/aromatic N) is 1. The molecule has 0 aromatic heterocycles. The molecular formula is C9H18BrNOS. The molecule has 0 aromatic rings. The smallest absolute Gasteiger partial charge is 0.0763 e. The summed E-state index contributed by atoms with van der Waals surface area (Å²) in [7, 11) is 0. The van der Waals surface area contributed by atoms with E-state index >= 15 is 0 Å². The van der Waals surface area contributed by atoms with Gasteiger partial charge in [-0.15, -0.1) is 0 Å². The highest BCUT2D eigenvalue weighted by Gasteiger charge is 2.20. The zero-order valence-electron chi connectivity index (χ0n) is 8.08. The minimum absolute atomic E-state index is 0.208. The molecule has 2 atom stereocenters. The van der Waals surface area contributed by atoms with E-state index < -0.39 is 0 Å². The highest BCUT2D eigenvalue weighted by Crippen LogP contribution is 2.21. The fraction of sp³-hybridized carbons (Fsp3) is 1.00. The third kappa shape index (κ3) is 4.19. The zero-order chi connectivity index (χ0) is 9.68. The summed E-state index contributed by atoms with van der Waals surface area (Å²) in [5, 5.41) is 10.9. The van der Waals surface area contributed by atoms with Crippen molar-refractivity contribution < 1.29 is 5.11 Å². The van der Waals surface area contributed by atoms with Gasteiger partial charge in [0.05, 0.1) is 6.10 Å². The van der Waals surface area contributed by atoms with Gasteiger partial charge in [-0.3, -0.25) is 4.90 Å². The summed E-state index contributed by atoms with van der Waals surface area (Å²) >= 11 is 5.36. The van der Waals surface area contributed by atoms with Crippen LogP contribution in [0.25, 0.3) is 0 Å². The fourth-order valence-corrected chi connectivity index (χ4v) is 2.99. The van der Waals surface area contributed by atoms with Crippen LogP contribution in [0.2, 0.25) is 0 Å². The Bertz CT molecular complexity index is 146. The van der Waals surface area contributed by atoms with Crippen LogP contribution in [0.4, 0.5) is 0 Å². The second-order valence-electron chi connectivity index (χ2n) is 3.47. The summed E-state index contributed by atoms with van der Waals surface area (Å²) in [4.78, 5) is 2.37. The maximum atomic E-state index is 9.47. The highest BCUT2D eigenvalue weighted by molar-refractivity contribution is 9.09. The molecule has 1 heterocycles. The van der Waals surface area contributed by atoms with Gasteiger partial charge in [-0.25, -0.2) is 0 Å². The molecule has 2 nitrogen and oxygen atoms in total. The monoisotopic (exact) mass is 267 g/mol. The molecule has 0 saturated carbocycles. The van der Waals surface area contributed by atoms with Gasteiger partial charge in [0.2, 0.25) is 0 Å². The number of rotatable bonds is 4. The van der Waals surface area contributed by atoms with Crippen molar-refractivity contribution >= 4 is 27.7 Å². The Morgan fingerprint density at radius 3 is 3.08 bits per heavy atom. The second-order valence-corrected chi connectivity index (χ2v) is 5.52. The van der Waals surface area contributed by atoms with Gasteiger partial charge in [-0.05, 0) is 6.42 Å². The Kier molecular flexibility index (Phi) is 5.71. The Balaban J connectivity index is 2.25. The van der Waals surface area contributed by atoms with Gasteiger partial charge in [0.15, 0.2) is 0 Å². The number of alkyl halides is 1. The van der Waals surface area contributed by atoms with E-state index in [1.54, 1.807) is 0 Å². The number of aliphatic hydroxyl groups is 1. The molecule has 2 unspecified atom stereocenters. The largest absolute Gasteiger partial charge is 0.391 e. The maximum absolute atomic E-state index is 9.47. The summed E-state index contributed by atoms with van der Waals surface area (Å²) < 4.78 is 0. The molecule has 1 N–H and O–H groups in total. The van der Waals surface area contributed by atoms with Gasteiger partial charge in [-0.1, -0.05) is 22.9 Å². The van der Waals surface area contributed by atoms with Crippen LogP contribution < -0.4 is 0 Å². The van der Waals surface area contributed by atoms with E-state index in [1.165, 1.54) is 12.2 Å². The van der Waals surface area contributed by atoms with Crippen LogP contribution in [0, 0.1) is 0 Å². The molecule has 1 rings (SSSR count). The van der Waals surface area contributed by atoms with E-state index in [1.807, 2.05) is 0 Å². The zero-order valence-corrected chi connectivity index (χ0v) is 10.5. The van der Waals surface area contributed by atoms with Crippen LogP contribution in [-0.2, 0) is 0 Å². The molecule has 78 valence electrons. The molecule has 13 heavy (non-hydrogen) atoms. The van der Waals surface area contributed by atoms with Crippen LogP contribution in [-0.4, -0.2) is 52.1 Å². The molecule has 0 amide bonds. The lowest BCUT2D eigenvalue weighted by molar-refractivity contribution is 0.133. The summed E-state index contributed by atoms with van der Waals surface area (Å²) in [6.45, 7) is 5.33. The number of β-amino-alcohol motifs (C(OH)–C–C–N with tert-alkyl or cyclic N) is 1. The quantitative estimate of drug-likeness (QED) is 0.783. The van der Waals surface area contributed by atoms with E-state index in [9.17, 15) is 5.11 Å². The van der Waals surface area contributed by atoms with Gasteiger partial charge in [0.1, 0.15) is 0 Å². The Morgan fingerprint density at radius 1 is 1.69 bits per heavy atom. The van der Waals surface area contributed by atoms with Crippen LogP contribution in [0.5, 0.6) is 0 Å². The molecule has 0 aromatic carbocycles. The lowest BCUT2D eigenvalue weighted by Gasteiger charge is -2.32. The van der Waals surface area contributed by atoms with E-state index in [0.29, 0.717) is 5.33 Å². The van der Waals surface area contributed by atoms with Crippen LogP contribution in [0.15, 0.2) is 0 Å². The predicted octanol–water partition coefficient (Wildman–Crippen LogP) is 1.57. The first-order valence-electron chi connectivity index (χ1n) is 4.84. The molecular weight excluding hydrogens is 250 g/mol. The topological polar surface area (TPSA) is 23.5 Å². The molecule has 1 fully saturated rings. The van der Waals surface area contributed by atoms with E-state index in [0.717, 1.165) is 24.9 Å². The number of hydrogen-bond donors (Lipinski definition) is 1. The molecule has 0 spiro atoms. The fourth-order valence-electron chi connectivity index (χ4n) is 1.54. The van der Waals surface area contributed by atoms with Crippen LogP contribution in [0.1, 0.15) is 13.3 Å². The summed E-state index contributed by atoms with van der Waals surface area (Å²) in [5.74, 6) is 1.22. The van der Waals surface area contributed by atoms with Gasteiger partial charge >= 0.3 is 0 Å². The number of halogens is 1. The Morgan fingerprint density at radius 2 is 2.46 bits per heavy atom. The number of aliphatic hydroxyl groups excluding tert-OH is 1. The maximum Gasteiger partial charge on any atom is 0.0763 e. The number of thioether (sulfide) groups is 1. The third-order valence-corrected chi connectivity index (χ3v) is 4.44. The average molecular weight is 268 g/mol. The van der Waals surface area contributed by atoms with Crippen molar-refractivity contribution in [2.24, 2.45) is 0 Å². The first kappa shape index (κ1) is 11.8. The van der Waals surface area contributed by atoms with Crippen molar-refractivity contribution in [3.05, 3.63) is 0 Å². The minimum atomic E-state index is -0.208. The normalized spacial score (nSPS) is 27.5. The van der Waals surface area contributed by atoms with Crippen molar-refractivity contribution in [1.29, 1.82) is 0 Å². The second kappa shape index (κ2) is 6.27. The van der Waals surface area contributed by atoms with Crippen molar-refractivity contribution in [1.82, 2.24) is 4.90 Å². The Hall–Kier alpha value is 0.750. The lowest BCUT2D eigenvalue weighted by Crippen LogP contribution is -2.42. The summed E-state index contributed by atoms with van der Waals surface area (Å²) in [6.07, 6.45) is 1.03. The van der Waals surface area contributed by atoms with Crippen molar-refractivity contribution in [3.63, 3.8) is 0 Å². The van der Waals surface area contributed by atoms with Crippen LogP contribution >= 0.6 is 27.7 Å². The molecule has 4 heteroatoms. The van der Waals surface area contributed by atoms with Crippen molar-refractivity contribution in [2.45, 2.75) is 24.7 Å². The highest BCUT2D eigenvalue weighted by atomic mass is 79.9. The summed E-state index contributed by atoms with van der Waals surface area (Å²) in [6, 6.07) is 0. The van der Waals surface area contributed by atoms with Crippen LogP contribution in [0.3, 0.4) is 0 Å². The summed E-state index contributed by atoms with van der Waals surface area (Å²) in [5.41, 5.74) is 0. The van der Waals surface area contributed by atoms with E-state index in [2.05, 4.69) is 39.5 Å². The first-order chi connectivity index (χ1) is 6.26. The Labute approximate surface area is 93.2 Å². The molecule has 0 radical (unpaired) electrons. The van der Waals surface area contributed by atoms with E-state index in [4.69, 9.17) is 0 Å².